The lowest BCUT2D eigenvalue weighted by Gasteiger charge is -2.05. The lowest BCUT2D eigenvalue weighted by atomic mass is 10.4. The van der Waals surface area contributed by atoms with Crippen LogP contribution in [0, 0.1) is 6.92 Å². The van der Waals surface area contributed by atoms with Gasteiger partial charge in [-0.3, -0.25) is 4.79 Å². The Morgan fingerprint density at radius 3 is 3.26 bits per heavy atom. The highest BCUT2D eigenvalue weighted by molar-refractivity contribution is 5.97. The van der Waals surface area contributed by atoms with Crippen LogP contribution in [0.4, 0.5) is 0 Å². The van der Waals surface area contributed by atoms with E-state index in [4.69, 9.17) is 4.74 Å². The van der Waals surface area contributed by atoms with E-state index >= 15 is 0 Å². The molecule has 0 aliphatic carbocycles. The molecule has 0 spiro atoms. The Morgan fingerprint density at radius 2 is 2.47 bits per heavy atom. The molecule has 6 heteroatoms. The number of nitrogens with one attached hydrogen (secondary N) is 1. The van der Waals surface area contributed by atoms with Gasteiger partial charge in [0.15, 0.2) is 11.3 Å². The van der Waals surface area contributed by atoms with Crippen LogP contribution in [-0.4, -0.2) is 40.0 Å². The van der Waals surface area contributed by atoms with Crippen molar-refractivity contribution in [1.82, 2.24) is 19.7 Å². The molecule has 0 aliphatic heterocycles. The van der Waals surface area contributed by atoms with Gasteiger partial charge in [0, 0.05) is 25.1 Å². The van der Waals surface area contributed by atoms with E-state index in [0.29, 0.717) is 31.1 Å². The zero-order valence-electron chi connectivity index (χ0n) is 10.8. The van der Waals surface area contributed by atoms with Crippen LogP contribution in [0.1, 0.15) is 16.2 Å². The maximum Gasteiger partial charge on any atom is 0.273 e. The first-order chi connectivity index (χ1) is 9.22. The van der Waals surface area contributed by atoms with Gasteiger partial charge in [-0.2, -0.15) is 0 Å². The molecule has 100 valence electrons. The largest absolute Gasteiger partial charge is 0.376 e. The standard InChI is InChI=1S/C13H16N4O2/c1-3-7-19-8-5-15-13(18)11-12-16-10(2)9-17(12)6-4-14-11/h3-4,6,9H,1,5,7-8H2,2H3,(H,15,18). The minimum atomic E-state index is -0.251. The Kier molecular flexibility index (Phi) is 4.25. The van der Waals surface area contributed by atoms with Gasteiger partial charge in [-0.05, 0) is 6.92 Å². The molecular weight excluding hydrogens is 244 g/mol. The number of hydrogen-bond donors (Lipinski definition) is 1. The number of nitrogens with zero attached hydrogens (tertiary/aromatic N) is 3. The summed E-state index contributed by atoms with van der Waals surface area (Å²) in [4.78, 5) is 20.4. The monoisotopic (exact) mass is 260 g/mol. The van der Waals surface area contributed by atoms with Crippen molar-refractivity contribution in [2.24, 2.45) is 0 Å². The Bertz CT molecular complexity index is 591. The zero-order valence-corrected chi connectivity index (χ0v) is 10.8. The molecule has 19 heavy (non-hydrogen) atoms. The summed E-state index contributed by atoms with van der Waals surface area (Å²) in [6.07, 6.45) is 6.86. The highest BCUT2D eigenvalue weighted by Gasteiger charge is 2.13. The number of rotatable bonds is 6. The molecule has 2 rings (SSSR count). The second-order valence-corrected chi connectivity index (χ2v) is 4.01. The molecule has 1 amide bonds. The van der Waals surface area contributed by atoms with Crippen molar-refractivity contribution in [1.29, 1.82) is 0 Å². The quantitative estimate of drug-likeness (QED) is 0.620. The third-order valence-electron chi connectivity index (χ3n) is 2.48. The lowest BCUT2D eigenvalue weighted by Crippen LogP contribution is -2.28. The highest BCUT2D eigenvalue weighted by atomic mass is 16.5. The number of imidazole rings is 1. The third kappa shape index (κ3) is 3.17. The topological polar surface area (TPSA) is 68.5 Å². The van der Waals surface area contributed by atoms with E-state index in [9.17, 15) is 4.79 Å². The van der Waals surface area contributed by atoms with Crippen molar-refractivity contribution in [3.05, 3.63) is 42.6 Å². The summed E-state index contributed by atoms with van der Waals surface area (Å²) in [7, 11) is 0. The second-order valence-electron chi connectivity index (χ2n) is 4.01. The average Bonchev–Trinajstić information content (AvgIpc) is 2.78. The maximum absolute atomic E-state index is 12.0. The van der Waals surface area contributed by atoms with E-state index in [1.54, 1.807) is 22.9 Å². The van der Waals surface area contributed by atoms with Crippen LogP contribution >= 0.6 is 0 Å². The van der Waals surface area contributed by atoms with Crippen LogP contribution in [0.5, 0.6) is 0 Å². The van der Waals surface area contributed by atoms with Gasteiger partial charge in [0.2, 0.25) is 0 Å². The molecule has 0 saturated carbocycles. The Balaban J connectivity index is 2.02. The van der Waals surface area contributed by atoms with E-state index < -0.39 is 0 Å². The first kappa shape index (κ1) is 13.2. The number of aryl methyl sites for hydroxylation is 1. The van der Waals surface area contributed by atoms with Gasteiger partial charge in [0.1, 0.15) is 0 Å². The average molecular weight is 260 g/mol. The summed E-state index contributed by atoms with van der Waals surface area (Å²) >= 11 is 0. The SMILES string of the molecule is C=CCOCCNC(=O)c1nccn2cc(C)nc12. The molecule has 2 aromatic rings. The highest BCUT2D eigenvalue weighted by Crippen LogP contribution is 2.07. The normalized spacial score (nSPS) is 10.6. The fraction of sp³-hybridized carbons (Fsp3) is 0.308. The maximum atomic E-state index is 12.0. The number of aromatic nitrogens is 3. The fourth-order valence-electron chi connectivity index (χ4n) is 1.69. The van der Waals surface area contributed by atoms with Crippen molar-refractivity contribution in [3.8, 4) is 0 Å². The third-order valence-corrected chi connectivity index (χ3v) is 2.48. The van der Waals surface area contributed by atoms with Crippen molar-refractivity contribution in [3.63, 3.8) is 0 Å². The summed E-state index contributed by atoms with van der Waals surface area (Å²) in [5, 5.41) is 2.75. The molecule has 1 N–H and O–H groups in total. The van der Waals surface area contributed by atoms with Crippen LogP contribution in [0.25, 0.3) is 5.65 Å². The second kappa shape index (κ2) is 6.10. The zero-order chi connectivity index (χ0) is 13.7. The molecular formula is C13H16N4O2. The van der Waals surface area contributed by atoms with E-state index in [2.05, 4.69) is 21.9 Å². The Labute approximate surface area is 111 Å². The summed E-state index contributed by atoms with van der Waals surface area (Å²) < 4.78 is 6.97. The summed E-state index contributed by atoms with van der Waals surface area (Å²) in [6.45, 7) is 6.76. The Hall–Kier alpha value is -2.21. The first-order valence-electron chi connectivity index (χ1n) is 5.99. The van der Waals surface area contributed by atoms with E-state index in [-0.39, 0.29) is 5.91 Å². The molecule has 0 unspecified atom stereocenters. The molecule has 0 atom stereocenters. The molecule has 0 bridgehead atoms. The number of fused-ring (bicyclic) bond motifs is 1. The van der Waals surface area contributed by atoms with Crippen molar-refractivity contribution < 1.29 is 9.53 Å². The van der Waals surface area contributed by atoms with Crippen molar-refractivity contribution >= 4 is 11.6 Å². The fourth-order valence-corrected chi connectivity index (χ4v) is 1.69. The minimum absolute atomic E-state index is 0.251. The van der Waals surface area contributed by atoms with Gasteiger partial charge >= 0.3 is 0 Å². The number of carbonyl (C=O) groups is 1. The van der Waals surface area contributed by atoms with Crippen molar-refractivity contribution in [2.45, 2.75) is 6.92 Å². The van der Waals surface area contributed by atoms with Crippen LogP contribution in [0.3, 0.4) is 0 Å². The number of amides is 1. The van der Waals surface area contributed by atoms with Gasteiger partial charge in [0.05, 0.1) is 18.9 Å². The molecule has 2 aromatic heterocycles. The van der Waals surface area contributed by atoms with E-state index in [1.165, 1.54) is 0 Å². The smallest absolute Gasteiger partial charge is 0.273 e. The van der Waals surface area contributed by atoms with Gasteiger partial charge in [0.25, 0.3) is 5.91 Å². The summed E-state index contributed by atoms with van der Waals surface area (Å²) in [5.74, 6) is -0.251. The molecule has 0 aliphatic rings. The number of hydrogen-bond acceptors (Lipinski definition) is 4. The van der Waals surface area contributed by atoms with Gasteiger partial charge in [-0.15, -0.1) is 6.58 Å². The first-order valence-corrected chi connectivity index (χ1v) is 5.99. The van der Waals surface area contributed by atoms with Crippen LogP contribution < -0.4 is 5.32 Å². The molecule has 0 saturated heterocycles. The van der Waals surface area contributed by atoms with E-state index in [0.717, 1.165) is 5.69 Å². The lowest BCUT2D eigenvalue weighted by molar-refractivity contribution is 0.0925. The number of ether oxygens (including phenoxy) is 1. The molecule has 0 aromatic carbocycles. The number of carbonyl (C=O) groups excluding carboxylic acids is 1. The molecule has 2 heterocycles. The van der Waals surface area contributed by atoms with E-state index in [1.807, 2.05) is 13.1 Å². The predicted molar refractivity (Wildman–Crippen MR) is 71.1 cm³/mol. The molecule has 0 fully saturated rings. The van der Waals surface area contributed by atoms with Gasteiger partial charge in [-0.1, -0.05) is 6.08 Å². The predicted octanol–water partition coefficient (Wildman–Crippen LogP) is 0.970. The summed E-state index contributed by atoms with van der Waals surface area (Å²) in [5.41, 5.74) is 1.72. The molecule has 6 nitrogen and oxygen atoms in total. The minimum Gasteiger partial charge on any atom is -0.376 e. The summed E-state index contributed by atoms with van der Waals surface area (Å²) in [6, 6.07) is 0. The molecule has 0 radical (unpaired) electrons. The van der Waals surface area contributed by atoms with Crippen LogP contribution in [0.15, 0.2) is 31.2 Å². The van der Waals surface area contributed by atoms with Gasteiger partial charge < -0.3 is 14.5 Å². The van der Waals surface area contributed by atoms with Gasteiger partial charge in [-0.25, -0.2) is 9.97 Å². The Morgan fingerprint density at radius 1 is 1.63 bits per heavy atom. The van der Waals surface area contributed by atoms with Crippen LogP contribution in [0.2, 0.25) is 0 Å². The van der Waals surface area contributed by atoms with Crippen LogP contribution in [-0.2, 0) is 4.74 Å². The van der Waals surface area contributed by atoms with Crippen molar-refractivity contribution in [2.75, 3.05) is 19.8 Å².